The second kappa shape index (κ2) is 20.2. The molecule has 0 fully saturated rings. The van der Waals surface area contributed by atoms with Crippen LogP contribution in [0.15, 0.2) is 63.6 Å². The van der Waals surface area contributed by atoms with Crippen LogP contribution in [0.1, 0.15) is 47.6 Å². The number of nitrogens with two attached hydrogens (primary N) is 2. The van der Waals surface area contributed by atoms with Gasteiger partial charge < -0.3 is 21.3 Å². The van der Waals surface area contributed by atoms with Gasteiger partial charge in [-0.05, 0) is 51.7 Å². The van der Waals surface area contributed by atoms with Gasteiger partial charge in [0.05, 0.1) is 29.8 Å². The number of phenols is 1. The highest BCUT2D eigenvalue weighted by Gasteiger charge is 2.19. The lowest BCUT2D eigenvalue weighted by molar-refractivity contribution is -0.0756. The molecule has 47 heavy (non-hydrogen) atoms. The van der Waals surface area contributed by atoms with Crippen LogP contribution in [0.2, 0.25) is 0 Å². The number of aromatic hydroxyl groups is 1. The Morgan fingerprint density at radius 2 is 1.40 bits per heavy atom. The molecule has 0 aliphatic heterocycles. The number of carbonyl (C=O) groups excluding carboxylic acids is 2. The maximum atomic E-state index is 13.2. The lowest BCUT2D eigenvalue weighted by Gasteiger charge is -2.14. The van der Waals surface area contributed by atoms with Gasteiger partial charge >= 0.3 is 0 Å². The van der Waals surface area contributed by atoms with E-state index in [0.717, 1.165) is 28.7 Å². The first-order valence-electron chi connectivity index (χ1n) is 13.2. The highest BCUT2D eigenvalue weighted by atomic mass is 79.9. The summed E-state index contributed by atoms with van der Waals surface area (Å²) in [4.78, 5) is 45.1. The zero-order valence-electron chi connectivity index (χ0n) is 25.5. The SMILES string of the molecule is C.CCSc1ncc(C(=O)N(C)OC)c(N)n1.CCSc1ncc(C(=O)c2ccc(F)cc2OC)c(N)n1.Oc1cc(F)ccc1Br. The van der Waals surface area contributed by atoms with E-state index < -0.39 is 17.4 Å². The summed E-state index contributed by atoms with van der Waals surface area (Å²) in [5.41, 5.74) is 12.1. The normalized spacial score (nSPS) is 9.96. The molecule has 4 aromatic rings. The molecule has 0 saturated heterocycles. The Labute approximate surface area is 288 Å². The molecule has 0 aliphatic carbocycles. The molecule has 0 radical (unpaired) electrons. The fraction of sp³-hybridized carbons (Fsp3) is 0.267. The third-order valence-electron chi connectivity index (χ3n) is 5.49. The van der Waals surface area contributed by atoms with Crippen molar-refractivity contribution in [3.05, 3.63) is 81.6 Å². The first-order valence-corrected chi connectivity index (χ1v) is 16.0. The monoisotopic (exact) mass is 755 g/mol. The van der Waals surface area contributed by atoms with Gasteiger partial charge in [-0.2, -0.15) is 0 Å². The van der Waals surface area contributed by atoms with Crippen molar-refractivity contribution in [1.82, 2.24) is 25.0 Å². The molecule has 4 rings (SSSR count). The highest BCUT2D eigenvalue weighted by molar-refractivity contribution is 9.10. The molecule has 12 nitrogen and oxygen atoms in total. The van der Waals surface area contributed by atoms with Gasteiger partial charge in [0.15, 0.2) is 10.3 Å². The van der Waals surface area contributed by atoms with E-state index in [9.17, 15) is 18.4 Å². The number of anilines is 2. The van der Waals surface area contributed by atoms with Crippen molar-refractivity contribution >= 4 is 62.8 Å². The Kier molecular flexibility index (Phi) is 17.6. The van der Waals surface area contributed by atoms with Gasteiger partial charge in [0.2, 0.25) is 5.78 Å². The molecule has 0 unspecified atom stereocenters. The van der Waals surface area contributed by atoms with Gasteiger partial charge in [0.25, 0.3) is 5.91 Å². The predicted molar refractivity (Wildman–Crippen MR) is 184 cm³/mol. The summed E-state index contributed by atoms with van der Waals surface area (Å²) in [7, 11) is 4.26. The number of carbonyl (C=O) groups is 2. The van der Waals surface area contributed by atoms with Crippen LogP contribution in [0.25, 0.3) is 0 Å². The van der Waals surface area contributed by atoms with Gasteiger partial charge in [-0.25, -0.2) is 33.8 Å². The summed E-state index contributed by atoms with van der Waals surface area (Å²) in [5, 5.41) is 11.0. The Hall–Kier alpha value is -4.06. The van der Waals surface area contributed by atoms with Crippen molar-refractivity contribution in [2.75, 3.05) is 44.2 Å². The highest BCUT2D eigenvalue weighted by Crippen LogP contribution is 2.26. The molecule has 0 saturated carbocycles. The number of amides is 1. The van der Waals surface area contributed by atoms with Crippen LogP contribution in [0, 0.1) is 11.6 Å². The van der Waals surface area contributed by atoms with E-state index in [2.05, 4.69) is 35.9 Å². The molecule has 254 valence electrons. The molecule has 0 atom stereocenters. The molecule has 0 bridgehead atoms. The molecular weight excluding hydrogens is 720 g/mol. The lowest BCUT2D eigenvalue weighted by atomic mass is 10.0. The van der Waals surface area contributed by atoms with Crippen molar-refractivity contribution < 1.29 is 33.1 Å². The number of rotatable bonds is 9. The molecule has 17 heteroatoms. The van der Waals surface area contributed by atoms with E-state index in [4.69, 9.17) is 26.1 Å². The molecule has 2 aromatic heterocycles. The number of hydroxylamine groups is 2. The topological polar surface area (TPSA) is 180 Å². The lowest BCUT2D eigenvalue weighted by Crippen LogP contribution is -2.26. The molecule has 1 amide bonds. The standard InChI is InChI=1S/C14H14FN3O2S.C9H14N4O2S.C6H4BrFO.CH4/c1-3-21-14-17-7-10(13(16)18-14)12(19)9-5-4-8(15)6-11(9)20-2;1-4-16-9-11-5-6(7(10)12-9)8(14)13(2)15-3;7-5-2-1-4(8)3-6(5)9;/h4-7H,3H2,1-2H3,(H2,16,17,18);5H,4H2,1-3H3,(H2,10,11,12);1-3,9H;1H4. The van der Waals surface area contributed by atoms with E-state index in [1.54, 1.807) is 0 Å². The number of ether oxygens (including phenoxy) is 1. The van der Waals surface area contributed by atoms with Crippen LogP contribution in [-0.2, 0) is 4.84 Å². The Bertz CT molecular complexity index is 1660. The minimum atomic E-state index is -0.484. The summed E-state index contributed by atoms with van der Waals surface area (Å²) in [6, 6.07) is 7.45. The van der Waals surface area contributed by atoms with E-state index >= 15 is 0 Å². The molecule has 5 N–H and O–H groups in total. The predicted octanol–water partition coefficient (Wildman–Crippen LogP) is 6.28. The number of nitrogens with zero attached hydrogens (tertiary/aromatic N) is 5. The van der Waals surface area contributed by atoms with Crippen LogP contribution in [0.5, 0.6) is 11.5 Å². The molecule has 0 spiro atoms. The van der Waals surface area contributed by atoms with Crippen LogP contribution in [0.4, 0.5) is 20.4 Å². The van der Waals surface area contributed by atoms with Crippen LogP contribution >= 0.6 is 39.5 Å². The van der Waals surface area contributed by atoms with Gasteiger partial charge in [-0.3, -0.25) is 14.4 Å². The number of hydrogen-bond acceptors (Lipinski definition) is 13. The minimum Gasteiger partial charge on any atom is -0.507 e. The van der Waals surface area contributed by atoms with Crippen molar-refractivity contribution in [3.8, 4) is 11.5 Å². The second-order valence-electron chi connectivity index (χ2n) is 8.52. The smallest absolute Gasteiger partial charge is 0.282 e. The third kappa shape index (κ3) is 12.2. The van der Waals surface area contributed by atoms with Crippen LogP contribution in [-0.4, -0.2) is 74.6 Å². The number of nitrogen functional groups attached to an aromatic ring is 2. The van der Waals surface area contributed by atoms with Crippen LogP contribution in [0.3, 0.4) is 0 Å². The first kappa shape index (κ1) is 41.0. The summed E-state index contributed by atoms with van der Waals surface area (Å²) in [5.74, 6) is 0.297. The number of benzene rings is 2. The fourth-order valence-electron chi connectivity index (χ4n) is 3.23. The summed E-state index contributed by atoms with van der Waals surface area (Å²) < 4.78 is 30.9. The summed E-state index contributed by atoms with van der Waals surface area (Å²) in [6.07, 6.45) is 2.80. The number of ketones is 1. The van der Waals surface area contributed by atoms with Crippen molar-refractivity contribution in [2.45, 2.75) is 31.6 Å². The zero-order valence-corrected chi connectivity index (χ0v) is 28.7. The minimum absolute atomic E-state index is 0. The van der Waals surface area contributed by atoms with Crippen molar-refractivity contribution in [2.24, 2.45) is 0 Å². The molecule has 2 heterocycles. The van der Waals surface area contributed by atoms with Crippen molar-refractivity contribution in [3.63, 3.8) is 0 Å². The quantitative estimate of drug-likeness (QED) is 0.0752. The first-order chi connectivity index (χ1) is 21.9. The fourth-order valence-corrected chi connectivity index (χ4v) is 4.57. The average Bonchev–Trinajstić information content (AvgIpc) is 3.03. The summed E-state index contributed by atoms with van der Waals surface area (Å²) >= 11 is 5.91. The van der Waals surface area contributed by atoms with E-state index in [-0.39, 0.29) is 53.2 Å². The summed E-state index contributed by atoms with van der Waals surface area (Å²) in [6.45, 7) is 3.95. The van der Waals surface area contributed by atoms with E-state index in [1.807, 2.05) is 13.8 Å². The second-order valence-corrected chi connectivity index (χ2v) is 11.8. The van der Waals surface area contributed by atoms with Gasteiger partial charge in [-0.15, -0.1) is 0 Å². The molecule has 2 aromatic carbocycles. The van der Waals surface area contributed by atoms with Gasteiger partial charge in [-0.1, -0.05) is 44.8 Å². The Morgan fingerprint density at radius 3 is 1.85 bits per heavy atom. The van der Waals surface area contributed by atoms with Crippen molar-refractivity contribution in [1.29, 1.82) is 0 Å². The molecule has 0 aliphatic rings. The van der Waals surface area contributed by atoms with Gasteiger partial charge in [0.1, 0.15) is 40.3 Å². The molecular formula is C30H36BrF2N7O5S2. The van der Waals surface area contributed by atoms with Gasteiger partial charge in [0, 0.05) is 31.6 Å². The number of methoxy groups -OCH3 is 1. The number of hydrogen-bond donors (Lipinski definition) is 3. The Balaban J connectivity index is 0.000000376. The average molecular weight is 757 g/mol. The number of thioether (sulfide) groups is 2. The zero-order chi connectivity index (χ0) is 34.4. The maximum Gasteiger partial charge on any atom is 0.282 e. The van der Waals surface area contributed by atoms with E-state index in [0.29, 0.717) is 14.8 Å². The number of phenolic OH excluding ortho intramolecular Hbond substituents is 1. The Morgan fingerprint density at radius 1 is 0.894 bits per heavy atom. The largest absolute Gasteiger partial charge is 0.507 e. The number of aromatic nitrogens is 4. The maximum absolute atomic E-state index is 13.2. The van der Waals surface area contributed by atoms with Crippen LogP contribution < -0.4 is 16.2 Å². The third-order valence-corrected chi connectivity index (χ3v) is 7.65. The van der Waals surface area contributed by atoms with E-state index in [1.165, 1.54) is 81.5 Å². The number of halogens is 3.